The molecule has 0 bridgehead atoms. The van der Waals surface area contributed by atoms with Crippen LogP contribution in [0.4, 0.5) is 23.7 Å². The first kappa shape index (κ1) is 15.1. The summed E-state index contributed by atoms with van der Waals surface area (Å²) in [5, 5.41) is 20.3. The van der Waals surface area contributed by atoms with Crippen LogP contribution >= 0.6 is 0 Å². The predicted molar refractivity (Wildman–Crippen MR) is 64.1 cm³/mol. The topological polar surface area (TPSA) is 89.9 Å². The number of likely N-dealkylation sites (tertiary alicyclic amines) is 1. The molecule has 1 aliphatic rings. The van der Waals surface area contributed by atoms with Crippen molar-refractivity contribution in [3.8, 4) is 0 Å². The number of aliphatic carboxylic acids is 1. The van der Waals surface area contributed by atoms with Crippen molar-refractivity contribution in [1.82, 2.24) is 4.90 Å². The van der Waals surface area contributed by atoms with Crippen molar-refractivity contribution in [3.63, 3.8) is 0 Å². The van der Waals surface area contributed by atoms with Crippen molar-refractivity contribution in [3.05, 3.63) is 29.6 Å². The minimum atomic E-state index is -1.75. The van der Waals surface area contributed by atoms with Gasteiger partial charge in [-0.3, -0.25) is 0 Å². The molecule has 1 aliphatic heterocycles. The Hall–Kier alpha value is -2.29. The maximum atomic E-state index is 13.4. The number of hydrogen-bond acceptors (Lipinski definition) is 3. The lowest BCUT2D eigenvalue weighted by Gasteiger charge is -2.21. The summed E-state index contributed by atoms with van der Waals surface area (Å²) in [6, 6.07) is -0.854. The fraction of sp³-hybridized carbons (Fsp3) is 0.333. The van der Waals surface area contributed by atoms with E-state index in [1.807, 2.05) is 5.32 Å². The number of hydrogen-bond donors (Lipinski definition) is 3. The number of nitrogens with one attached hydrogen (secondary N) is 1. The zero-order chi connectivity index (χ0) is 15.7. The summed E-state index contributed by atoms with van der Waals surface area (Å²) in [5.74, 6) is -6.07. The Morgan fingerprint density at radius 1 is 1.24 bits per heavy atom. The van der Waals surface area contributed by atoms with E-state index in [4.69, 9.17) is 5.11 Å². The minimum absolute atomic E-state index is 0.164. The highest BCUT2D eigenvalue weighted by Gasteiger charge is 2.39. The number of halogens is 3. The van der Waals surface area contributed by atoms with E-state index in [0.29, 0.717) is 6.07 Å². The molecule has 0 aliphatic carbocycles. The fourth-order valence-corrected chi connectivity index (χ4v) is 2.08. The first-order valence-electron chi connectivity index (χ1n) is 5.93. The molecule has 114 valence electrons. The molecule has 1 aromatic carbocycles. The Balaban J connectivity index is 2.18. The first-order valence-corrected chi connectivity index (χ1v) is 5.93. The number of rotatable bonds is 2. The molecule has 1 aromatic rings. The van der Waals surface area contributed by atoms with E-state index in [2.05, 4.69) is 0 Å². The lowest BCUT2D eigenvalue weighted by atomic mass is 10.2. The standard InChI is InChI=1S/C12H11F3N2O4/c13-6-1-2-7(10(15)9(6)14)16-12(21)17-4-5(18)3-8(17)11(19)20/h1-2,5,8,18H,3-4H2,(H,16,21)(H,19,20)/t5?,8-/m0/s1. The Morgan fingerprint density at radius 3 is 2.52 bits per heavy atom. The number of β-amino-alcohol motifs (C(OH)–C–C–N with tert-alkyl or cyclic N) is 1. The van der Waals surface area contributed by atoms with Gasteiger partial charge in [-0.15, -0.1) is 0 Å². The second-order valence-corrected chi connectivity index (χ2v) is 4.55. The summed E-state index contributed by atoms with van der Waals surface area (Å²) >= 11 is 0. The van der Waals surface area contributed by atoms with Crippen LogP contribution in [0.3, 0.4) is 0 Å². The molecule has 1 fully saturated rings. The van der Waals surface area contributed by atoms with Crippen molar-refractivity contribution in [2.24, 2.45) is 0 Å². The van der Waals surface area contributed by atoms with E-state index in [0.717, 1.165) is 11.0 Å². The molecule has 2 rings (SSSR count). The van der Waals surface area contributed by atoms with E-state index in [1.54, 1.807) is 0 Å². The zero-order valence-corrected chi connectivity index (χ0v) is 10.5. The number of benzene rings is 1. The third-order valence-electron chi connectivity index (χ3n) is 3.10. The monoisotopic (exact) mass is 304 g/mol. The van der Waals surface area contributed by atoms with Crippen LogP contribution in [0.25, 0.3) is 0 Å². The molecular weight excluding hydrogens is 293 g/mol. The smallest absolute Gasteiger partial charge is 0.326 e. The van der Waals surface area contributed by atoms with Gasteiger partial charge in [0, 0.05) is 13.0 Å². The minimum Gasteiger partial charge on any atom is -0.480 e. The molecule has 2 atom stereocenters. The third kappa shape index (κ3) is 2.92. The maximum Gasteiger partial charge on any atom is 0.326 e. The molecule has 1 unspecified atom stereocenters. The molecule has 6 nitrogen and oxygen atoms in total. The van der Waals surface area contributed by atoms with E-state index in [-0.39, 0.29) is 13.0 Å². The Bertz CT molecular complexity index is 596. The second kappa shape index (κ2) is 5.60. The molecule has 1 heterocycles. The van der Waals surface area contributed by atoms with Crippen molar-refractivity contribution >= 4 is 17.7 Å². The van der Waals surface area contributed by atoms with Crippen LogP contribution in [0, 0.1) is 17.5 Å². The van der Waals surface area contributed by atoms with Gasteiger partial charge in [-0.25, -0.2) is 22.8 Å². The van der Waals surface area contributed by atoms with Crippen LogP contribution < -0.4 is 5.32 Å². The molecule has 1 saturated heterocycles. The second-order valence-electron chi connectivity index (χ2n) is 4.55. The van der Waals surface area contributed by atoms with Gasteiger partial charge in [0.1, 0.15) is 6.04 Å². The Labute approximate surface area is 116 Å². The summed E-state index contributed by atoms with van der Waals surface area (Å²) in [5.41, 5.74) is -0.621. The van der Waals surface area contributed by atoms with E-state index >= 15 is 0 Å². The molecule has 0 spiro atoms. The number of carbonyl (C=O) groups excluding carboxylic acids is 1. The molecule has 21 heavy (non-hydrogen) atoms. The largest absolute Gasteiger partial charge is 0.480 e. The van der Waals surface area contributed by atoms with Gasteiger partial charge in [0.25, 0.3) is 0 Å². The van der Waals surface area contributed by atoms with Crippen LogP contribution in [0.5, 0.6) is 0 Å². The Kier molecular flexibility index (Phi) is 4.03. The zero-order valence-electron chi connectivity index (χ0n) is 10.5. The van der Waals surface area contributed by atoms with Crippen LogP contribution in [0.1, 0.15) is 6.42 Å². The number of aliphatic hydroxyl groups is 1. The molecule has 9 heteroatoms. The summed E-state index contributed by atoms with van der Waals surface area (Å²) in [4.78, 5) is 23.6. The number of nitrogens with zero attached hydrogens (tertiary/aromatic N) is 1. The lowest BCUT2D eigenvalue weighted by molar-refractivity contribution is -0.141. The number of aliphatic hydroxyl groups excluding tert-OH is 1. The van der Waals surface area contributed by atoms with Gasteiger partial charge >= 0.3 is 12.0 Å². The van der Waals surface area contributed by atoms with Gasteiger partial charge < -0.3 is 20.4 Å². The number of anilines is 1. The van der Waals surface area contributed by atoms with Crippen molar-refractivity contribution in [1.29, 1.82) is 0 Å². The Morgan fingerprint density at radius 2 is 1.90 bits per heavy atom. The van der Waals surface area contributed by atoms with E-state index < -0.39 is 47.3 Å². The highest BCUT2D eigenvalue weighted by Crippen LogP contribution is 2.23. The average Bonchev–Trinajstić information content (AvgIpc) is 2.82. The quantitative estimate of drug-likeness (QED) is 0.715. The number of carboxylic acid groups (broad SMARTS) is 1. The summed E-state index contributed by atoms with van der Waals surface area (Å²) in [6.07, 6.45) is -1.19. The molecule has 0 aromatic heterocycles. The van der Waals surface area contributed by atoms with Gasteiger partial charge in [-0.2, -0.15) is 0 Å². The normalized spacial score (nSPS) is 21.4. The number of urea groups is 1. The summed E-state index contributed by atoms with van der Waals surface area (Å²) in [6.45, 7) is -0.256. The fourth-order valence-electron chi connectivity index (χ4n) is 2.08. The SMILES string of the molecule is O=C(O)[C@@H]1CC(O)CN1C(=O)Nc1ccc(F)c(F)c1F. The maximum absolute atomic E-state index is 13.4. The molecular formula is C12H11F3N2O4. The van der Waals surface area contributed by atoms with Crippen LogP contribution in [0.15, 0.2) is 12.1 Å². The third-order valence-corrected chi connectivity index (χ3v) is 3.10. The van der Waals surface area contributed by atoms with Gasteiger partial charge in [0.05, 0.1) is 11.8 Å². The van der Waals surface area contributed by atoms with Crippen molar-refractivity contribution in [2.45, 2.75) is 18.6 Å². The lowest BCUT2D eigenvalue weighted by Crippen LogP contribution is -2.43. The molecule has 2 amide bonds. The molecule has 0 radical (unpaired) electrons. The molecule has 3 N–H and O–H groups in total. The van der Waals surface area contributed by atoms with E-state index in [1.165, 1.54) is 0 Å². The van der Waals surface area contributed by atoms with Crippen LogP contribution in [-0.2, 0) is 4.79 Å². The van der Waals surface area contributed by atoms with Gasteiger partial charge in [0.2, 0.25) is 0 Å². The average molecular weight is 304 g/mol. The summed E-state index contributed by atoms with van der Waals surface area (Å²) in [7, 11) is 0. The highest BCUT2D eigenvalue weighted by atomic mass is 19.2. The van der Waals surface area contributed by atoms with Gasteiger partial charge in [0.15, 0.2) is 17.5 Å². The van der Waals surface area contributed by atoms with Crippen LogP contribution in [0.2, 0.25) is 0 Å². The van der Waals surface area contributed by atoms with E-state index in [9.17, 15) is 27.9 Å². The number of carbonyl (C=O) groups is 2. The van der Waals surface area contributed by atoms with Crippen LogP contribution in [-0.4, -0.2) is 45.8 Å². The van der Waals surface area contributed by atoms with Crippen molar-refractivity contribution < 1.29 is 33.0 Å². The van der Waals surface area contributed by atoms with Crippen molar-refractivity contribution in [2.75, 3.05) is 11.9 Å². The number of amides is 2. The van der Waals surface area contributed by atoms with Gasteiger partial charge in [-0.05, 0) is 12.1 Å². The predicted octanol–water partition coefficient (Wildman–Crippen LogP) is 1.16. The highest BCUT2D eigenvalue weighted by molar-refractivity contribution is 5.92. The summed E-state index contributed by atoms with van der Waals surface area (Å²) < 4.78 is 39.2. The number of carboxylic acids is 1. The van der Waals surface area contributed by atoms with Gasteiger partial charge in [-0.1, -0.05) is 0 Å². The first-order chi connectivity index (χ1) is 9.81. The molecule has 0 saturated carbocycles.